The number of pyridine rings is 2. The molecule has 0 bridgehead atoms. The van der Waals surface area contributed by atoms with Gasteiger partial charge in [-0.15, -0.1) is 0 Å². The van der Waals surface area contributed by atoms with Crippen molar-refractivity contribution in [2.45, 2.75) is 19.8 Å². The lowest BCUT2D eigenvalue weighted by Crippen LogP contribution is -2.30. The summed E-state index contributed by atoms with van der Waals surface area (Å²) in [4.78, 5) is 11.6. The second-order valence-corrected chi connectivity index (χ2v) is 7.11. The highest BCUT2D eigenvalue weighted by molar-refractivity contribution is 5.63. The van der Waals surface area contributed by atoms with E-state index in [1.54, 1.807) is 0 Å². The molecule has 0 aliphatic carbocycles. The number of benzene rings is 1. The highest BCUT2D eigenvalue weighted by atomic mass is 15.1. The number of hydrogen-bond acceptors (Lipinski definition) is 3. The van der Waals surface area contributed by atoms with Gasteiger partial charge in [-0.1, -0.05) is 36.4 Å². The molecule has 0 atom stereocenters. The van der Waals surface area contributed by atoms with E-state index in [9.17, 15) is 0 Å². The fourth-order valence-electron chi connectivity index (χ4n) is 3.58. The van der Waals surface area contributed by atoms with Crippen molar-refractivity contribution in [2.24, 2.45) is 0 Å². The maximum atomic E-state index is 4.66. The number of aryl methyl sites for hydroxylation is 1. The fraction of sp³-hybridized carbons (Fsp3) is 0.250. The third-order valence-electron chi connectivity index (χ3n) is 5.11. The Labute approximate surface area is 161 Å². The minimum absolute atomic E-state index is 1.00. The van der Waals surface area contributed by atoms with Crippen LogP contribution >= 0.6 is 0 Å². The number of nitrogens with zero attached hydrogens (tertiary/aromatic N) is 3. The number of hydrogen-bond donors (Lipinski definition) is 0. The lowest BCUT2D eigenvalue weighted by atomic mass is 10.0. The Hall–Kier alpha value is -2.78. The van der Waals surface area contributed by atoms with E-state index < -0.39 is 0 Å². The zero-order valence-corrected chi connectivity index (χ0v) is 15.8. The van der Waals surface area contributed by atoms with Crippen LogP contribution in [0.4, 0.5) is 0 Å². The van der Waals surface area contributed by atoms with Gasteiger partial charge in [0.15, 0.2) is 0 Å². The van der Waals surface area contributed by atoms with Crippen LogP contribution in [-0.2, 0) is 6.42 Å². The molecule has 0 unspecified atom stereocenters. The third kappa shape index (κ3) is 4.50. The van der Waals surface area contributed by atoms with E-state index in [4.69, 9.17) is 0 Å². The van der Waals surface area contributed by atoms with Gasteiger partial charge in [-0.2, -0.15) is 0 Å². The first kappa shape index (κ1) is 17.6. The van der Waals surface area contributed by atoms with Crippen LogP contribution in [0.3, 0.4) is 0 Å². The average Bonchev–Trinajstić information content (AvgIpc) is 2.73. The molecule has 0 radical (unpaired) electrons. The second kappa shape index (κ2) is 8.28. The molecule has 0 amide bonds. The van der Waals surface area contributed by atoms with Gasteiger partial charge in [0.2, 0.25) is 0 Å². The number of rotatable bonds is 5. The van der Waals surface area contributed by atoms with E-state index in [1.165, 1.54) is 16.7 Å². The van der Waals surface area contributed by atoms with Crippen molar-refractivity contribution in [2.75, 3.05) is 19.6 Å². The van der Waals surface area contributed by atoms with Crippen LogP contribution in [0, 0.1) is 6.92 Å². The van der Waals surface area contributed by atoms with Crippen molar-refractivity contribution in [3.8, 4) is 11.3 Å². The summed E-state index contributed by atoms with van der Waals surface area (Å²) in [6, 6.07) is 21.1. The van der Waals surface area contributed by atoms with Gasteiger partial charge in [-0.05, 0) is 61.2 Å². The normalized spacial score (nSPS) is 14.8. The van der Waals surface area contributed by atoms with Gasteiger partial charge in [0, 0.05) is 37.1 Å². The first-order chi connectivity index (χ1) is 13.3. The monoisotopic (exact) mass is 355 g/mol. The van der Waals surface area contributed by atoms with Crippen molar-refractivity contribution in [3.05, 3.63) is 89.9 Å². The van der Waals surface area contributed by atoms with Gasteiger partial charge in [0.1, 0.15) is 0 Å². The first-order valence-electron chi connectivity index (χ1n) is 9.64. The van der Waals surface area contributed by atoms with Gasteiger partial charge in [0.25, 0.3) is 0 Å². The quantitative estimate of drug-likeness (QED) is 0.659. The molecule has 27 heavy (non-hydrogen) atoms. The van der Waals surface area contributed by atoms with Gasteiger partial charge in [-0.25, -0.2) is 0 Å². The average molecular weight is 355 g/mol. The molecule has 2 aromatic heterocycles. The Morgan fingerprint density at radius 3 is 2.63 bits per heavy atom. The Bertz CT molecular complexity index is 931. The standard InChI is InChI=1S/C24H25N3/c1-19-6-4-10-24(26-19)21-12-16-27(17-13-21)15-11-20-7-5-8-22(18-20)23-9-2-3-14-25-23/h2-10,12,14,18H,11,13,15-17H2,1H3. The lowest BCUT2D eigenvalue weighted by molar-refractivity contribution is 0.305. The molecule has 136 valence electrons. The molecular formula is C24H25N3. The van der Waals surface area contributed by atoms with Crippen molar-refractivity contribution in [1.82, 2.24) is 14.9 Å². The Morgan fingerprint density at radius 2 is 1.85 bits per heavy atom. The lowest BCUT2D eigenvalue weighted by Gasteiger charge is -2.26. The van der Waals surface area contributed by atoms with Gasteiger partial charge in [-0.3, -0.25) is 14.9 Å². The van der Waals surface area contributed by atoms with Crippen molar-refractivity contribution in [1.29, 1.82) is 0 Å². The first-order valence-corrected chi connectivity index (χ1v) is 9.64. The molecule has 4 rings (SSSR count). The molecule has 0 saturated carbocycles. The smallest absolute Gasteiger partial charge is 0.0702 e. The zero-order valence-electron chi connectivity index (χ0n) is 15.8. The Morgan fingerprint density at radius 1 is 0.963 bits per heavy atom. The van der Waals surface area contributed by atoms with Crippen LogP contribution in [0.1, 0.15) is 23.4 Å². The molecule has 0 saturated heterocycles. The molecule has 3 aromatic rings. The van der Waals surface area contributed by atoms with Crippen LogP contribution in [0.2, 0.25) is 0 Å². The summed E-state index contributed by atoms with van der Waals surface area (Å²) < 4.78 is 0. The van der Waals surface area contributed by atoms with Crippen LogP contribution in [0.5, 0.6) is 0 Å². The number of aromatic nitrogens is 2. The van der Waals surface area contributed by atoms with Crippen LogP contribution in [0.25, 0.3) is 16.8 Å². The van der Waals surface area contributed by atoms with Gasteiger partial charge in [0.05, 0.1) is 11.4 Å². The second-order valence-electron chi connectivity index (χ2n) is 7.11. The molecule has 1 aromatic carbocycles. The van der Waals surface area contributed by atoms with E-state index in [-0.39, 0.29) is 0 Å². The molecule has 3 nitrogen and oxygen atoms in total. The summed E-state index contributed by atoms with van der Waals surface area (Å²) in [6.45, 7) is 5.24. The van der Waals surface area contributed by atoms with Crippen LogP contribution in [0.15, 0.2) is 72.9 Å². The van der Waals surface area contributed by atoms with Crippen LogP contribution in [-0.4, -0.2) is 34.5 Å². The summed E-state index contributed by atoms with van der Waals surface area (Å²) in [5, 5.41) is 0. The fourth-order valence-corrected chi connectivity index (χ4v) is 3.58. The Balaban J connectivity index is 1.36. The predicted molar refractivity (Wildman–Crippen MR) is 111 cm³/mol. The zero-order chi connectivity index (χ0) is 18.5. The summed E-state index contributed by atoms with van der Waals surface area (Å²) in [7, 11) is 0. The van der Waals surface area contributed by atoms with E-state index >= 15 is 0 Å². The van der Waals surface area contributed by atoms with Crippen LogP contribution < -0.4 is 0 Å². The van der Waals surface area contributed by atoms with E-state index in [2.05, 4.69) is 76.4 Å². The van der Waals surface area contributed by atoms with Gasteiger partial charge >= 0.3 is 0 Å². The molecule has 0 N–H and O–H groups in total. The molecule has 0 spiro atoms. The minimum Gasteiger partial charge on any atom is -0.299 e. The summed E-state index contributed by atoms with van der Waals surface area (Å²) in [5.74, 6) is 0. The predicted octanol–water partition coefficient (Wildman–Crippen LogP) is 4.78. The summed E-state index contributed by atoms with van der Waals surface area (Å²) >= 11 is 0. The van der Waals surface area contributed by atoms with Crippen molar-refractivity contribution in [3.63, 3.8) is 0 Å². The maximum Gasteiger partial charge on any atom is 0.0702 e. The highest BCUT2D eigenvalue weighted by Gasteiger charge is 2.14. The molecule has 1 aliphatic rings. The highest BCUT2D eigenvalue weighted by Crippen LogP contribution is 2.22. The summed E-state index contributed by atoms with van der Waals surface area (Å²) in [5.41, 5.74) is 7.21. The van der Waals surface area contributed by atoms with E-state index in [0.29, 0.717) is 0 Å². The molecule has 3 heteroatoms. The minimum atomic E-state index is 1.00. The molecule has 0 fully saturated rings. The molecule has 3 heterocycles. The van der Waals surface area contributed by atoms with Crippen molar-refractivity contribution < 1.29 is 0 Å². The Kier molecular flexibility index (Phi) is 5.40. The molecule has 1 aliphatic heterocycles. The SMILES string of the molecule is Cc1cccc(C2=CCN(CCc3cccc(-c4ccccn4)c3)CC2)n1. The largest absolute Gasteiger partial charge is 0.299 e. The van der Waals surface area contributed by atoms with E-state index in [0.717, 1.165) is 49.6 Å². The van der Waals surface area contributed by atoms with Crippen molar-refractivity contribution >= 4 is 5.57 Å². The third-order valence-corrected chi connectivity index (χ3v) is 5.11. The van der Waals surface area contributed by atoms with Gasteiger partial charge < -0.3 is 0 Å². The topological polar surface area (TPSA) is 29.0 Å². The van der Waals surface area contributed by atoms with E-state index in [1.807, 2.05) is 18.3 Å². The molecular weight excluding hydrogens is 330 g/mol. The summed E-state index contributed by atoms with van der Waals surface area (Å²) in [6.07, 6.45) is 6.33. The maximum absolute atomic E-state index is 4.66.